The van der Waals surface area contributed by atoms with Crippen molar-refractivity contribution in [1.29, 1.82) is 0 Å². The zero-order valence-corrected chi connectivity index (χ0v) is 14.8. The Balaban J connectivity index is 1.96. The number of pyridine rings is 1. The molecule has 1 amide bonds. The Morgan fingerprint density at radius 3 is 2.21 bits per heavy atom. The number of benzene rings is 1. The van der Waals surface area contributed by atoms with E-state index < -0.39 is 9.84 Å². The molecule has 0 aliphatic heterocycles. The molecule has 128 valence electrons. The second kappa shape index (κ2) is 8.06. The predicted molar refractivity (Wildman–Crippen MR) is 93.5 cm³/mol. The summed E-state index contributed by atoms with van der Waals surface area (Å²) < 4.78 is 22.9. The van der Waals surface area contributed by atoms with Crippen LogP contribution in [0.4, 0.5) is 0 Å². The molecule has 0 N–H and O–H groups in total. The molecule has 0 aliphatic rings. The normalized spacial score (nSPS) is 11.2. The second-order valence-corrected chi connectivity index (χ2v) is 7.69. The van der Waals surface area contributed by atoms with Crippen molar-refractivity contribution < 1.29 is 13.2 Å². The van der Waals surface area contributed by atoms with Crippen LogP contribution in [0.15, 0.2) is 53.7 Å². The van der Waals surface area contributed by atoms with E-state index in [1.54, 1.807) is 36.7 Å². The summed E-state index contributed by atoms with van der Waals surface area (Å²) in [6, 6.07) is 10.4. The molecule has 0 aliphatic carbocycles. The van der Waals surface area contributed by atoms with Crippen LogP contribution in [0.1, 0.15) is 18.1 Å². The molecule has 0 unspecified atom stereocenters. The van der Waals surface area contributed by atoms with E-state index in [9.17, 15) is 13.2 Å². The maximum atomic E-state index is 12.4. The molecule has 1 heterocycles. The van der Waals surface area contributed by atoms with E-state index in [1.807, 2.05) is 24.0 Å². The lowest BCUT2D eigenvalue weighted by molar-refractivity contribution is -0.130. The highest BCUT2D eigenvalue weighted by atomic mass is 32.2. The SMILES string of the molecule is CCN(CCc1ccncc1)C(=O)Cc1ccc(S(C)(=O)=O)cc1. The van der Waals surface area contributed by atoms with Crippen LogP contribution < -0.4 is 0 Å². The van der Waals surface area contributed by atoms with E-state index >= 15 is 0 Å². The molecule has 2 aromatic rings. The standard InChI is InChI=1S/C18H22N2O3S/c1-3-20(13-10-15-8-11-19-12-9-15)18(21)14-16-4-6-17(7-5-16)24(2,22)23/h4-9,11-12H,3,10,13-14H2,1-2H3. The van der Waals surface area contributed by atoms with Crippen molar-refractivity contribution in [2.75, 3.05) is 19.3 Å². The molecular weight excluding hydrogens is 324 g/mol. The van der Waals surface area contributed by atoms with Crippen molar-refractivity contribution in [3.8, 4) is 0 Å². The van der Waals surface area contributed by atoms with Crippen LogP contribution in [0.25, 0.3) is 0 Å². The molecule has 0 fully saturated rings. The van der Waals surface area contributed by atoms with Crippen LogP contribution in [0, 0.1) is 0 Å². The lowest BCUT2D eigenvalue weighted by atomic mass is 10.1. The van der Waals surface area contributed by atoms with E-state index in [2.05, 4.69) is 4.98 Å². The van der Waals surface area contributed by atoms with Gasteiger partial charge in [-0.05, 0) is 48.7 Å². The summed E-state index contributed by atoms with van der Waals surface area (Å²) in [6.07, 6.45) is 5.72. The second-order valence-electron chi connectivity index (χ2n) is 5.67. The number of rotatable bonds is 7. The van der Waals surface area contributed by atoms with Gasteiger partial charge in [0.25, 0.3) is 0 Å². The number of hydrogen-bond acceptors (Lipinski definition) is 4. The molecule has 6 heteroatoms. The van der Waals surface area contributed by atoms with Gasteiger partial charge in [-0.1, -0.05) is 12.1 Å². The number of aromatic nitrogens is 1. The third-order valence-electron chi connectivity index (χ3n) is 3.86. The molecule has 1 aromatic heterocycles. The first-order valence-corrected chi connectivity index (χ1v) is 9.75. The Morgan fingerprint density at radius 1 is 1.04 bits per heavy atom. The largest absolute Gasteiger partial charge is 0.342 e. The van der Waals surface area contributed by atoms with Crippen LogP contribution in [0.5, 0.6) is 0 Å². The number of carbonyl (C=O) groups excluding carboxylic acids is 1. The van der Waals surface area contributed by atoms with Gasteiger partial charge in [0.05, 0.1) is 11.3 Å². The first-order valence-electron chi connectivity index (χ1n) is 7.86. The molecule has 1 aromatic carbocycles. The number of sulfone groups is 1. The Morgan fingerprint density at radius 2 is 1.67 bits per heavy atom. The molecule has 0 bridgehead atoms. The molecule has 0 atom stereocenters. The summed E-state index contributed by atoms with van der Waals surface area (Å²) in [4.78, 5) is 18.5. The van der Waals surface area contributed by atoms with E-state index in [-0.39, 0.29) is 17.2 Å². The molecule has 0 saturated carbocycles. The highest BCUT2D eigenvalue weighted by molar-refractivity contribution is 7.90. The summed E-state index contributed by atoms with van der Waals surface area (Å²) in [5.74, 6) is 0.0404. The van der Waals surface area contributed by atoms with Crippen molar-refractivity contribution in [3.63, 3.8) is 0 Å². The Hall–Kier alpha value is -2.21. The topological polar surface area (TPSA) is 67.3 Å². The minimum Gasteiger partial charge on any atom is -0.342 e. The number of hydrogen-bond donors (Lipinski definition) is 0. The first kappa shape index (κ1) is 18.1. The maximum Gasteiger partial charge on any atom is 0.226 e. The van der Waals surface area contributed by atoms with Gasteiger partial charge in [0.15, 0.2) is 9.84 Å². The number of likely N-dealkylation sites (N-methyl/N-ethyl adjacent to an activating group) is 1. The maximum absolute atomic E-state index is 12.4. The van der Waals surface area contributed by atoms with Crippen molar-refractivity contribution in [1.82, 2.24) is 9.88 Å². The molecule has 0 saturated heterocycles. The van der Waals surface area contributed by atoms with E-state index in [4.69, 9.17) is 0 Å². The summed E-state index contributed by atoms with van der Waals surface area (Å²) >= 11 is 0. The zero-order valence-electron chi connectivity index (χ0n) is 14.0. The highest BCUT2D eigenvalue weighted by Gasteiger charge is 2.13. The van der Waals surface area contributed by atoms with E-state index in [0.29, 0.717) is 13.1 Å². The van der Waals surface area contributed by atoms with Gasteiger partial charge >= 0.3 is 0 Å². The monoisotopic (exact) mass is 346 g/mol. The molecule has 0 radical (unpaired) electrons. The summed E-state index contributed by atoms with van der Waals surface area (Å²) in [6.45, 7) is 3.25. The van der Waals surface area contributed by atoms with Gasteiger partial charge in [-0.25, -0.2) is 8.42 Å². The quantitative estimate of drug-likeness (QED) is 0.770. The highest BCUT2D eigenvalue weighted by Crippen LogP contribution is 2.12. The Labute approximate surface area is 143 Å². The zero-order chi connectivity index (χ0) is 17.6. The van der Waals surface area contributed by atoms with Crippen molar-refractivity contribution in [3.05, 3.63) is 59.9 Å². The first-order chi connectivity index (χ1) is 11.4. The number of carbonyl (C=O) groups is 1. The van der Waals surface area contributed by atoms with Crippen LogP contribution in [-0.4, -0.2) is 43.6 Å². The fourth-order valence-electron chi connectivity index (χ4n) is 2.41. The molecule has 5 nitrogen and oxygen atoms in total. The van der Waals surface area contributed by atoms with Gasteiger partial charge in [0, 0.05) is 31.7 Å². The summed E-state index contributed by atoms with van der Waals surface area (Å²) in [5.41, 5.74) is 1.96. The predicted octanol–water partition coefficient (Wildman–Crippen LogP) is 2.12. The van der Waals surface area contributed by atoms with Crippen molar-refractivity contribution in [2.45, 2.75) is 24.7 Å². The van der Waals surface area contributed by atoms with Crippen molar-refractivity contribution >= 4 is 15.7 Å². The van der Waals surface area contributed by atoms with Crippen LogP contribution in [-0.2, 0) is 27.5 Å². The van der Waals surface area contributed by atoms with Crippen molar-refractivity contribution in [2.24, 2.45) is 0 Å². The Bertz CT molecular complexity index is 772. The summed E-state index contributed by atoms with van der Waals surface area (Å²) in [5, 5.41) is 0. The van der Waals surface area contributed by atoms with E-state index in [1.165, 1.54) is 6.26 Å². The average Bonchev–Trinajstić information content (AvgIpc) is 2.56. The minimum atomic E-state index is -3.21. The smallest absolute Gasteiger partial charge is 0.226 e. The number of amides is 1. The minimum absolute atomic E-state index is 0.0404. The van der Waals surface area contributed by atoms with Gasteiger partial charge in [-0.3, -0.25) is 9.78 Å². The van der Waals surface area contributed by atoms with Gasteiger partial charge < -0.3 is 4.90 Å². The summed E-state index contributed by atoms with van der Waals surface area (Å²) in [7, 11) is -3.21. The fourth-order valence-corrected chi connectivity index (χ4v) is 3.04. The Kier molecular flexibility index (Phi) is 6.09. The van der Waals surface area contributed by atoms with Gasteiger partial charge in [0.1, 0.15) is 0 Å². The molecule has 0 spiro atoms. The van der Waals surface area contributed by atoms with Gasteiger partial charge in [-0.2, -0.15) is 0 Å². The van der Waals surface area contributed by atoms with Crippen LogP contribution in [0.2, 0.25) is 0 Å². The lowest BCUT2D eigenvalue weighted by Crippen LogP contribution is -2.33. The molecule has 24 heavy (non-hydrogen) atoms. The van der Waals surface area contributed by atoms with Gasteiger partial charge in [0.2, 0.25) is 5.91 Å². The third kappa shape index (κ3) is 5.16. The fraction of sp³-hybridized carbons (Fsp3) is 0.333. The van der Waals surface area contributed by atoms with Crippen LogP contribution >= 0.6 is 0 Å². The third-order valence-corrected chi connectivity index (χ3v) is 4.99. The van der Waals surface area contributed by atoms with E-state index in [0.717, 1.165) is 17.5 Å². The lowest BCUT2D eigenvalue weighted by Gasteiger charge is -2.21. The molecular formula is C18H22N2O3S. The average molecular weight is 346 g/mol. The molecule has 2 rings (SSSR count). The van der Waals surface area contributed by atoms with Crippen LogP contribution in [0.3, 0.4) is 0 Å². The number of nitrogens with zero attached hydrogens (tertiary/aromatic N) is 2. The van der Waals surface area contributed by atoms with Gasteiger partial charge in [-0.15, -0.1) is 0 Å².